The zero-order valence-corrected chi connectivity index (χ0v) is 13.5. The molecule has 2 aromatic rings. The van der Waals surface area contributed by atoms with Gasteiger partial charge in [0.2, 0.25) is 0 Å². The average molecular weight is 316 g/mol. The number of rotatable bonds is 7. The fourth-order valence-electron chi connectivity index (χ4n) is 2.12. The van der Waals surface area contributed by atoms with E-state index < -0.39 is 11.8 Å². The van der Waals surface area contributed by atoms with Gasteiger partial charge in [-0.05, 0) is 24.1 Å². The van der Waals surface area contributed by atoms with Gasteiger partial charge in [0.05, 0.1) is 0 Å². The first-order chi connectivity index (χ1) is 11.1. The van der Waals surface area contributed by atoms with E-state index in [2.05, 4.69) is 16.9 Å². The molecule has 0 spiro atoms. The van der Waals surface area contributed by atoms with E-state index in [1.165, 1.54) is 12.1 Å². The van der Waals surface area contributed by atoms with Crippen LogP contribution < -0.4 is 4.74 Å². The summed E-state index contributed by atoms with van der Waals surface area (Å²) in [6, 6.07) is 4.47. The molecular formula is C18H21FN2O2. The van der Waals surface area contributed by atoms with Crippen molar-refractivity contribution in [2.45, 2.75) is 46.0 Å². The molecule has 1 heterocycles. The van der Waals surface area contributed by atoms with E-state index in [1.54, 1.807) is 25.4 Å². The first kappa shape index (κ1) is 17.1. The summed E-state index contributed by atoms with van der Waals surface area (Å²) in [5.74, 6) is -0.290. The second-order valence-corrected chi connectivity index (χ2v) is 5.32. The SMILES string of the molecule is CCCCCc1ncc(-c2ccc(OC(=O)CC)c(F)c2)cn1. The minimum atomic E-state index is -0.573. The molecule has 0 unspecified atom stereocenters. The number of esters is 1. The van der Waals surface area contributed by atoms with Gasteiger partial charge in [-0.15, -0.1) is 0 Å². The number of aromatic nitrogens is 2. The van der Waals surface area contributed by atoms with E-state index in [-0.39, 0.29) is 12.2 Å². The van der Waals surface area contributed by atoms with Gasteiger partial charge in [-0.25, -0.2) is 14.4 Å². The topological polar surface area (TPSA) is 52.1 Å². The fraction of sp³-hybridized carbons (Fsp3) is 0.389. The first-order valence-electron chi connectivity index (χ1n) is 7.95. The Labute approximate surface area is 135 Å². The molecule has 0 radical (unpaired) electrons. The third-order valence-electron chi connectivity index (χ3n) is 3.49. The van der Waals surface area contributed by atoms with E-state index in [4.69, 9.17) is 4.74 Å². The molecule has 0 atom stereocenters. The van der Waals surface area contributed by atoms with Crippen molar-refractivity contribution in [3.63, 3.8) is 0 Å². The van der Waals surface area contributed by atoms with Crippen molar-refractivity contribution >= 4 is 5.97 Å². The number of carbonyl (C=O) groups excluding carboxylic acids is 1. The molecule has 0 aliphatic heterocycles. The number of aryl methyl sites for hydroxylation is 1. The maximum Gasteiger partial charge on any atom is 0.310 e. The molecule has 122 valence electrons. The number of carbonyl (C=O) groups is 1. The maximum atomic E-state index is 14.0. The van der Waals surface area contributed by atoms with Crippen LogP contribution in [0.5, 0.6) is 5.75 Å². The standard InChI is InChI=1S/C18H21FN2O2/c1-3-5-6-7-17-20-11-14(12-21-17)13-8-9-16(15(19)10-13)23-18(22)4-2/h8-12H,3-7H2,1-2H3. The summed E-state index contributed by atoms with van der Waals surface area (Å²) in [6.45, 7) is 3.81. The van der Waals surface area contributed by atoms with Gasteiger partial charge in [0.25, 0.3) is 0 Å². The van der Waals surface area contributed by atoms with Gasteiger partial charge in [0, 0.05) is 30.8 Å². The Balaban J connectivity index is 2.09. The average Bonchev–Trinajstić information content (AvgIpc) is 2.57. The third-order valence-corrected chi connectivity index (χ3v) is 3.49. The number of unbranched alkanes of at least 4 members (excludes halogenated alkanes) is 2. The van der Waals surface area contributed by atoms with Crippen LogP contribution in [0, 0.1) is 5.82 Å². The van der Waals surface area contributed by atoms with Crippen molar-refractivity contribution in [2.24, 2.45) is 0 Å². The highest BCUT2D eigenvalue weighted by Gasteiger charge is 2.10. The minimum Gasteiger partial charge on any atom is -0.423 e. The normalized spacial score (nSPS) is 10.6. The molecule has 0 fully saturated rings. The van der Waals surface area contributed by atoms with Gasteiger partial charge < -0.3 is 4.74 Å². The number of halogens is 1. The van der Waals surface area contributed by atoms with Gasteiger partial charge in [-0.2, -0.15) is 0 Å². The van der Waals surface area contributed by atoms with E-state index in [0.29, 0.717) is 5.56 Å². The number of hydrogen-bond acceptors (Lipinski definition) is 4. The molecular weight excluding hydrogens is 295 g/mol. The second-order valence-electron chi connectivity index (χ2n) is 5.32. The summed E-state index contributed by atoms with van der Waals surface area (Å²) in [7, 11) is 0. The predicted octanol–water partition coefficient (Wildman–Crippen LogP) is 4.33. The molecule has 23 heavy (non-hydrogen) atoms. The quantitative estimate of drug-likeness (QED) is 0.433. The summed E-state index contributed by atoms with van der Waals surface area (Å²) in [4.78, 5) is 19.9. The summed E-state index contributed by atoms with van der Waals surface area (Å²) >= 11 is 0. The molecule has 0 saturated heterocycles. The van der Waals surface area contributed by atoms with Crippen LogP contribution in [0.15, 0.2) is 30.6 Å². The lowest BCUT2D eigenvalue weighted by atomic mass is 10.1. The maximum absolute atomic E-state index is 14.0. The molecule has 5 heteroatoms. The zero-order chi connectivity index (χ0) is 16.7. The van der Waals surface area contributed by atoms with Gasteiger partial charge in [-0.1, -0.05) is 32.8 Å². The number of nitrogens with zero attached hydrogens (tertiary/aromatic N) is 2. The second kappa shape index (κ2) is 8.36. The smallest absolute Gasteiger partial charge is 0.310 e. The lowest BCUT2D eigenvalue weighted by Gasteiger charge is -2.07. The molecule has 1 aromatic carbocycles. The molecule has 0 aliphatic rings. The van der Waals surface area contributed by atoms with Crippen molar-refractivity contribution in [3.8, 4) is 16.9 Å². The van der Waals surface area contributed by atoms with Gasteiger partial charge in [0.1, 0.15) is 5.82 Å². The zero-order valence-electron chi connectivity index (χ0n) is 13.5. The van der Waals surface area contributed by atoms with Crippen molar-refractivity contribution in [3.05, 3.63) is 42.2 Å². The van der Waals surface area contributed by atoms with Gasteiger partial charge in [0.15, 0.2) is 11.6 Å². The van der Waals surface area contributed by atoms with Crippen LogP contribution >= 0.6 is 0 Å². The summed E-state index contributed by atoms with van der Waals surface area (Å²) in [5, 5.41) is 0. The van der Waals surface area contributed by atoms with Crippen LogP contribution in [-0.4, -0.2) is 15.9 Å². The van der Waals surface area contributed by atoms with E-state index in [9.17, 15) is 9.18 Å². The lowest BCUT2D eigenvalue weighted by molar-refractivity contribution is -0.134. The van der Waals surface area contributed by atoms with Crippen LogP contribution in [0.2, 0.25) is 0 Å². The molecule has 1 aromatic heterocycles. The molecule has 0 bridgehead atoms. The highest BCUT2D eigenvalue weighted by molar-refractivity contribution is 5.72. The fourth-order valence-corrected chi connectivity index (χ4v) is 2.12. The Hall–Kier alpha value is -2.30. The molecule has 0 amide bonds. The largest absolute Gasteiger partial charge is 0.423 e. The van der Waals surface area contributed by atoms with E-state index in [1.807, 2.05) is 0 Å². The number of ether oxygens (including phenoxy) is 1. The highest BCUT2D eigenvalue weighted by Crippen LogP contribution is 2.25. The first-order valence-corrected chi connectivity index (χ1v) is 7.95. The van der Waals surface area contributed by atoms with Crippen molar-refractivity contribution in [1.82, 2.24) is 9.97 Å². The van der Waals surface area contributed by atoms with Crippen LogP contribution in [0.1, 0.15) is 45.4 Å². The predicted molar refractivity (Wildman–Crippen MR) is 86.6 cm³/mol. The third kappa shape index (κ3) is 4.84. The summed E-state index contributed by atoms with van der Waals surface area (Å²) in [6.07, 6.45) is 7.84. The van der Waals surface area contributed by atoms with E-state index in [0.717, 1.165) is 37.1 Å². The molecule has 0 aliphatic carbocycles. The van der Waals surface area contributed by atoms with Crippen molar-refractivity contribution in [1.29, 1.82) is 0 Å². The summed E-state index contributed by atoms with van der Waals surface area (Å²) in [5.41, 5.74) is 1.38. The monoisotopic (exact) mass is 316 g/mol. The molecule has 0 N–H and O–H groups in total. The Morgan fingerprint density at radius 2 is 1.87 bits per heavy atom. The number of benzene rings is 1. The molecule has 4 nitrogen and oxygen atoms in total. The Kier molecular flexibility index (Phi) is 6.20. The van der Waals surface area contributed by atoms with Crippen molar-refractivity contribution in [2.75, 3.05) is 0 Å². The Morgan fingerprint density at radius 3 is 2.48 bits per heavy atom. The Morgan fingerprint density at radius 1 is 1.13 bits per heavy atom. The minimum absolute atomic E-state index is 0.0577. The lowest BCUT2D eigenvalue weighted by Crippen LogP contribution is -2.06. The molecule has 0 saturated carbocycles. The van der Waals surface area contributed by atoms with Gasteiger partial charge >= 0.3 is 5.97 Å². The highest BCUT2D eigenvalue weighted by atomic mass is 19.1. The van der Waals surface area contributed by atoms with Crippen LogP contribution in [0.25, 0.3) is 11.1 Å². The van der Waals surface area contributed by atoms with Crippen molar-refractivity contribution < 1.29 is 13.9 Å². The molecule has 2 rings (SSSR count). The van der Waals surface area contributed by atoms with Crippen LogP contribution in [0.4, 0.5) is 4.39 Å². The summed E-state index contributed by atoms with van der Waals surface area (Å²) < 4.78 is 18.9. The van der Waals surface area contributed by atoms with Crippen LogP contribution in [-0.2, 0) is 11.2 Å². The van der Waals surface area contributed by atoms with Crippen LogP contribution in [0.3, 0.4) is 0 Å². The van der Waals surface area contributed by atoms with Gasteiger partial charge in [-0.3, -0.25) is 4.79 Å². The number of hydrogen-bond donors (Lipinski definition) is 0. The Bertz CT molecular complexity index is 657. The van der Waals surface area contributed by atoms with E-state index >= 15 is 0 Å².